The van der Waals surface area contributed by atoms with Crippen LogP contribution in [0.1, 0.15) is 24.5 Å². The number of aliphatic imine (C=N–C) groups is 1. The Morgan fingerprint density at radius 2 is 2.17 bits per heavy atom. The van der Waals surface area contributed by atoms with Crippen LogP contribution >= 0.6 is 0 Å². The van der Waals surface area contributed by atoms with E-state index in [2.05, 4.69) is 22.2 Å². The van der Waals surface area contributed by atoms with Gasteiger partial charge >= 0.3 is 0 Å². The number of halogens is 1. The fraction of sp³-hybridized carbons (Fsp3) is 0.421. The highest BCUT2D eigenvalue weighted by Gasteiger charge is 2.09. The van der Waals surface area contributed by atoms with Gasteiger partial charge in [-0.05, 0) is 56.6 Å². The first kappa shape index (κ1) is 20.1. The number of benzene rings is 1. The molecule has 1 unspecified atom stereocenters. The number of rotatable bonds is 9. The SMILES string of the molecule is C=C(NCc1ccc(F)c(C)c1)C(=NC)C(C)=CC(N)CCNC. The highest BCUT2D eigenvalue weighted by atomic mass is 19.1. The Kier molecular flexibility index (Phi) is 8.36. The molecular formula is C19H29FN4. The second-order valence-electron chi connectivity index (χ2n) is 5.89. The monoisotopic (exact) mass is 332 g/mol. The number of nitrogens with zero attached hydrogens (tertiary/aromatic N) is 1. The van der Waals surface area contributed by atoms with Gasteiger partial charge in [0.25, 0.3) is 0 Å². The standard InChI is InChI=1S/C19H29FN4/c1-13-10-16(6-7-18(13)20)12-24-15(3)19(23-5)14(2)11-17(21)8-9-22-4/h6-7,10-11,17,22,24H,3,8-9,12,21H2,1-2,4-5H3. The van der Waals surface area contributed by atoms with Crippen molar-refractivity contribution in [2.24, 2.45) is 10.7 Å². The van der Waals surface area contributed by atoms with Crippen molar-refractivity contribution in [1.82, 2.24) is 10.6 Å². The van der Waals surface area contributed by atoms with E-state index in [4.69, 9.17) is 5.73 Å². The molecule has 0 fully saturated rings. The van der Waals surface area contributed by atoms with E-state index >= 15 is 0 Å². The molecule has 0 aliphatic heterocycles. The summed E-state index contributed by atoms with van der Waals surface area (Å²) in [6, 6.07) is 5.05. The topological polar surface area (TPSA) is 62.4 Å². The number of nitrogens with one attached hydrogen (secondary N) is 2. The van der Waals surface area contributed by atoms with Crippen molar-refractivity contribution >= 4 is 5.71 Å². The van der Waals surface area contributed by atoms with Gasteiger partial charge in [-0.25, -0.2) is 4.39 Å². The third-order valence-electron chi connectivity index (χ3n) is 3.80. The van der Waals surface area contributed by atoms with Crippen LogP contribution in [0.5, 0.6) is 0 Å². The largest absolute Gasteiger partial charge is 0.380 e. The second kappa shape index (κ2) is 10.0. The summed E-state index contributed by atoms with van der Waals surface area (Å²) < 4.78 is 13.3. The third-order valence-corrected chi connectivity index (χ3v) is 3.80. The van der Waals surface area contributed by atoms with E-state index in [9.17, 15) is 4.39 Å². The molecule has 4 N–H and O–H groups in total. The lowest BCUT2D eigenvalue weighted by molar-refractivity contribution is 0.617. The average Bonchev–Trinajstić information content (AvgIpc) is 2.54. The molecule has 0 heterocycles. The zero-order valence-electron chi connectivity index (χ0n) is 15.1. The number of aryl methyl sites for hydroxylation is 1. The van der Waals surface area contributed by atoms with Crippen LogP contribution in [-0.2, 0) is 6.54 Å². The van der Waals surface area contributed by atoms with Gasteiger partial charge in [-0.3, -0.25) is 4.99 Å². The normalized spacial score (nSPS) is 13.8. The van der Waals surface area contributed by atoms with Crippen LogP contribution < -0.4 is 16.4 Å². The highest BCUT2D eigenvalue weighted by Crippen LogP contribution is 2.11. The first-order valence-corrected chi connectivity index (χ1v) is 8.13. The Hall–Kier alpha value is -1.98. The minimum Gasteiger partial charge on any atom is -0.380 e. The molecule has 5 heteroatoms. The molecular weight excluding hydrogens is 303 g/mol. The van der Waals surface area contributed by atoms with Crippen LogP contribution in [0.3, 0.4) is 0 Å². The predicted octanol–water partition coefficient (Wildman–Crippen LogP) is 2.69. The van der Waals surface area contributed by atoms with E-state index in [0.717, 1.165) is 35.5 Å². The molecule has 1 aromatic rings. The number of hydrogen-bond acceptors (Lipinski definition) is 4. The lowest BCUT2D eigenvalue weighted by Crippen LogP contribution is -2.25. The fourth-order valence-electron chi connectivity index (χ4n) is 2.45. The summed E-state index contributed by atoms with van der Waals surface area (Å²) in [7, 11) is 3.64. The molecule has 0 saturated carbocycles. The summed E-state index contributed by atoms with van der Waals surface area (Å²) in [6.45, 7) is 9.24. The Labute approximate surface area is 144 Å². The van der Waals surface area contributed by atoms with Crippen LogP contribution in [0.4, 0.5) is 4.39 Å². The van der Waals surface area contributed by atoms with Gasteiger partial charge in [-0.2, -0.15) is 0 Å². The summed E-state index contributed by atoms with van der Waals surface area (Å²) in [5.41, 5.74) is 10.2. The Morgan fingerprint density at radius 3 is 2.75 bits per heavy atom. The molecule has 1 atom stereocenters. The molecule has 24 heavy (non-hydrogen) atoms. The molecule has 0 aliphatic rings. The van der Waals surface area contributed by atoms with Gasteiger partial charge in [0.1, 0.15) is 5.82 Å². The van der Waals surface area contributed by atoms with Gasteiger partial charge in [-0.1, -0.05) is 24.8 Å². The fourth-order valence-corrected chi connectivity index (χ4v) is 2.45. The molecule has 1 aromatic carbocycles. The molecule has 0 aliphatic carbocycles. The van der Waals surface area contributed by atoms with Crippen molar-refractivity contribution in [2.75, 3.05) is 20.6 Å². The molecule has 0 amide bonds. The maximum atomic E-state index is 13.3. The molecule has 0 saturated heterocycles. The minimum atomic E-state index is -0.192. The maximum Gasteiger partial charge on any atom is 0.126 e. The Bertz CT molecular complexity index is 620. The van der Waals surface area contributed by atoms with Crippen molar-refractivity contribution in [3.05, 3.63) is 59.1 Å². The maximum absolute atomic E-state index is 13.3. The van der Waals surface area contributed by atoms with Gasteiger partial charge in [0.15, 0.2) is 0 Å². The molecule has 132 valence electrons. The van der Waals surface area contributed by atoms with Crippen molar-refractivity contribution in [2.45, 2.75) is 32.9 Å². The minimum absolute atomic E-state index is 0.0262. The van der Waals surface area contributed by atoms with Gasteiger partial charge in [0, 0.05) is 19.6 Å². The number of hydrogen-bond donors (Lipinski definition) is 3. The molecule has 0 spiro atoms. The average molecular weight is 332 g/mol. The van der Waals surface area contributed by atoms with Crippen molar-refractivity contribution in [3.8, 4) is 0 Å². The van der Waals surface area contributed by atoms with Crippen LogP contribution in [0.25, 0.3) is 0 Å². The van der Waals surface area contributed by atoms with Gasteiger partial charge in [-0.15, -0.1) is 0 Å². The smallest absolute Gasteiger partial charge is 0.126 e. The predicted molar refractivity (Wildman–Crippen MR) is 101 cm³/mol. The van der Waals surface area contributed by atoms with Crippen LogP contribution in [0.2, 0.25) is 0 Å². The third kappa shape index (κ3) is 6.26. The quantitative estimate of drug-likeness (QED) is 0.609. The van der Waals surface area contributed by atoms with E-state index in [0.29, 0.717) is 12.1 Å². The molecule has 0 aromatic heterocycles. The Morgan fingerprint density at radius 1 is 1.46 bits per heavy atom. The lowest BCUT2D eigenvalue weighted by atomic mass is 10.0. The van der Waals surface area contributed by atoms with Gasteiger partial charge in [0.2, 0.25) is 0 Å². The molecule has 0 bridgehead atoms. The van der Waals surface area contributed by atoms with Gasteiger partial charge in [0.05, 0.1) is 11.4 Å². The van der Waals surface area contributed by atoms with Crippen LogP contribution in [0, 0.1) is 12.7 Å². The summed E-state index contributed by atoms with van der Waals surface area (Å²) in [6.07, 6.45) is 2.87. The first-order chi connectivity index (χ1) is 11.4. The summed E-state index contributed by atoms with van der Waals surface area (Å²) in [4.78, 5) is 4.32. The zero-order valence-corrected chi connectivity index (χ0v) is 15.1. The molecule has 4 nitrogen and oxygen atoms in total. The zero-order chi connectivity index (χ0) is 18.1. The van der Waals surface area contributed by atoms with Crippen molar-refractivity contribution in [3.63, 3.8) is 0 Å². The van der Waals surface area contributed by atoms with Crippen LogP contribution in [0.15, 0.2) is 47.1 Å². The lowest BCUT2D eigenvalue weighted by Gasteiger charge is -2.15. The van der Waals surface area contributed by atoms with E-state index < -0.39 is 0 Å². The summed E-state index contributed by atoms with van der Waals surface area (Å²) in [5, 5.41) is 6.34. The highest BCUT2D eigenvalue weighted by molar-refractivity contribution is 6.11. The summed E-state index contributed by atoms with van der Waals surface area (Å²) >= 11 is 0. The van der Waals surface area contributed by atoms with Crippen LogP contribution in [-0.4, -0.2) is 32.4 Å². The Balaban J connectivity index is 2.69. The van der Waals surface area contributed by atoms with E-state index in [1.165, 1.54) is 6.07 Å². The molecule has 0 radical (unpaired) electrons. The van der Waals surface area contributed by atoms with Gasteiger partial charge < -0.3 is 16.4 Å². The number of nitrogens with two attached hydrogens (primary N) is 1. The van der Waals surface area contributed by atoms with E-state index in [1.54, 1.807) is 20.0 Å². The number of allylic oxidation sites excluding steroid dienone is 1. The van der Waals surface area contributed by atoms with E-state index in [-0.39, 0.29) is 11.9 Å². The van der Waals surface area contributed by atoms with E-state index in [1.807, 2.05) is 26.1 Å². The summed E-state index contributed by atoms with van der Waals surface area (Å²) in [5.74, 6) is -0.192. The molecule has 1 rings (SSSR count). The van der Waals surface area contributed by atoms with Crippen molar-refractivity contribution < 1.29 is 4.39 Å². The first-order valence-electron chi connectivity index (χ1n) is 8.13. The second-order valence-corrected chi connectivity index (χ2v) is 5.89. The van der Waals surface area contributed by atoms with Crippen molar-refractivity contribution in [1.29, 1.82) is 0 Å².